The molecule has 0 spiro atoms. The molecule has 0 radical (unpaired) electrons. The molecule has 1 aromatic carbocycles. The maximum absolute atomic E-state index is 13.1. The number of hydrogen-bond donors (Lipinski definition) is 1. The Bertz CT molecular complexity index is 531. The van der Waals surface area contributed by atoms with Gasteiger partial charge in [-0.25, -0.2) is 8.78 Å². The van der Waals surface area contributed by atoms with Gasteiger partial charge in [0.1, 0.15) is 11.6 Å². The van der Waals surface area contributed by atoms with Gasteiger partial charge in [0.05, 0.1) is 12.5 Å². The number of amides is 2. The molecule has 1 aliphatic heterocycles. The number of benzene rings is 1. The number of hydrogen-bond acceptors (Lipinski definition) is 3. The largest absolute Gasteiger partial charge is 0.383 e. The fraction of sp³-hybridized carbons (Fsp3) is 0.429. The van der Waals surface area contributed by atoms with Crippen molar-refractivity contribution in [1.82, 2.24) is 4.90 Å². The van der Waals surface area contributed by atoms with Gasteiger partial charge >= 0.3 is 0 Å². The molecule has 1 saturated heterocycles. The predicted octanol–water partition coefficient (Wildman–Crippen LogP) is 1.40. The highest BCUT2D eigenvalue weighted by atomic mass is 19.1. The van der Waals surface area contributed by atoms with Crippen molar-refractivity contribution in [1.29, 1.82) is 0 Å². The first-order valence-electron chi connectivity index (χ1n) is 6.53. The van der Waals surface area contributed by atoms with E-state index in [0.29, 0.717) is 13.2 Å². The van der Waals surface area contributed by atoms with E-state index < -0.39 is 23.5 Å². The second kappa shape index (κ2) is 6.62. The minimum atomic E-state index is -0.769. The number of nitrogens with one attached hydrogen (secondary N) is 1. The molecule has 2 amide bonds. The van der Waals surface area contributed by atoms with E-state index in [0.717, 1.165) is 18.2 Å². The Kier molecular flexibility index (Phi) is 4.85. The average Bonchev–Trinajstić information content (AvgIpc) is 2.76. The third-order valence-corrected chi connectivity index (χ3v) is 3.28. The Morgan fingerprint density at radius 2 is 2.05 bits per heavy atom. The zero-order chi connectivity index (χ0) is 15.4. The van der Waals surface area contributed by atoms with Crippen molar-refractivity contribution in [3.05, 3.63) is 29.8 Å². The van der Waals surface area contributed by atoms with E-state index in [2.05, 4.69) is 5.32 Å². The molecular weight excluding hydrogens is 282 g/mol. The normalized spacial score (nSPS) is 18.1. The average molecular weight is 298 g/mol. The van der Waals surface area contributed by atoms with Gasteiger partial charge in [-0.2, -0.15) is 0 Å². The molecule has 0 aromatic heterocycles. The van der Waals surface area contributed by atoms with Gasteiger partial charge in [-0.1, -0.05) is 0 Å². The Morgan fingerprint density at radius 1 is 1.38 bits per heavy atom. The van der Waals surface area contributed by atoms with Crippen LogP contribution < -0.4 is 5.32 Å². The molecule has 7 heteroatoms. The number of carbonyl (C=O) groups is 2. The molecule has 0 unspecified atom stereocenters. The summed E-state index contributed by atoms with van der Waals surface area (Å²) in [5.41, 5.74) is 0.0419. The molecular formula is C14H16F2N2O3. The van der Waals surface area contributed by atoms with Gasteiger partial charge in [0.2, 0.25) is 11.8 Å². The third-order valence-electron chi connectivity index (χ3n) is 3.28. The van der Waals surface area contributed by atoms with E-state index in [9.17, 15) is 18.4 Å². The van der Waals surface area contributed by atoms with E-state index in [4.69, 9.17) is 4.74 Å². The summed E-state index contributed by atoms with van der Waals surface area (Å²) in [6, 6.07) is 2.78. The summed E-state index contributed by atoms with van der Waals surface area (Å²) < 4.78 is 31.0. The molecule has 1 heterocycles. The lowest BCUT2D eigenvalue weighted by molar-refractivity contribution is -0.128. The number of rotatable bonds is 5. The molecule has 21 heavy (non-hydrogen) atoms. The van der Waals surface area contributed by atoms with Gasteiger partial charge in [-0.3, -0.25) is 9.59 Å². The van der Waals surface area contributed by atoms with Crippen LogP contribution in [0.3, 0.4) is 0 Å². The van der Waals surface area contributed by atoms with Crippen LogP contribution in [0, 0.1) is 17.6 Å². The van der Waals surface area contributed by atoms with Crippen LogP contribution in [0.25, 0.3) is 0 Å². The molecule has 1 aliphatic rings. The summed E-state index contributed by atoms with van der Waals surface area (Å²) >= 11 is 0. The van der Waals surface area contributed by atoms with Crippen LogP contribution in [0.1, 0.15) is 6.42 Å². The fourth-order valence-electron chi connectivity index (χ4n) is 2.24. The number of methoxy groups -OCH3 is 1. The topological polar surface area (TPSA) is 58.6 Å². The zero-order valence-corrected chi connectivity index (χ0v) is 11.6. The highest BCUT2D eigenvalue weighted by molar-refractivity contribution is 5.97. The molecule has 1 fully saturated rings. The van der Waals surface area contributed by atoms with Crippen molar-refractivity contribution < 1.29 is 23.1 Å². The molecule has 0 bridgehead atoms. The molecule has 1 aromatic rings. The lowest BCUT2D eigenvalue weighted by atomic mass is 10.1. The van der Waals surface area contributed by atoms with Crippen molar-refractivity contribution in [2.24, 2.45) is 5.92 Å². The first kappa shape index (κ1) is 15.4. The Hall–Kier alpha value is -2.02. The number of nitrogens with zero attached hydrogens (tertiary/aromatic N) is 1. The van der Waals surface area contributed by atoms with Crippen LogP contribution in [0.15, 0.2) is 18.2 Å². The van der Waals surface area contributed by atoms with Crippen LogP contribution in [-0.4, -0.2) is 43.5 Å². The van der Waals surface area contributed by atoms with Gasteiger partial charge in [0, 0.05) is 38.4 Å². The first-order valence-corrected chi connectivity index (χ1v) is 6.53. The van der Waals surface area contributed by atoms with Crippen molar-refractivity contribution >= 4 is 17.5 Å². The second-order valence-corrected chi connectivity index (χ2v) is 4.88. The van der Waals surface area contributed by atoms with E-state index >= 15 is 0 Å². The Labute approximate surface area is 120 Å². The quantitative estimate of drug-likeness (QED) is 0.894. The van der Waals surface area contributed by atoms with Gasteiger partial charge < -0.3 is 15.0 Å². The molecule has 1 atom stereocenters. The van der Waals surface area contributed by atoms with Crippen molar-refractivity contribution in [3.63, 3.8) is 0 Å². The van der Waals surface area contributed by atoms with E-state index in [1.165, 1.54) is 7.11 Å². The van der Waals surface area contributed by atoms with Gasteiger partial charge in [-0.15, -0.1) is 0 Å². The summed E-state index contributed by atoms with van der Waals surface area (Å²) in [6.07, 6.45) is 0.0906. The lowest BCUT2D eigenvalue weighted by Gasteiger charge is -2.15. The van der Waals surface area contributed by atoms with Gasteiger partial charge in [0.25, 0.3) is 0 Å². The van der Waals surface area contributed by atoms with E-state index in [1.807, 2.05) is 0 Å². The van der Waals surface area contributed by atoms with Crippen LogP contribution >= 0.6 is 0 Å². The van der Waals surface area contributed by atoms with Crippen molar-refractivity contribution in [2.75, 3.05) is 32.1 Å². The Morgan fingerprint density at radius 3 is 2.67 bits per heavy atom. The van der Waals surface area contributed by atoms with Gasteiger partial charge in [-0.05, 0) is 12.1 Å². The van der Waals surface area contributed by atoms with Crippen LogP contribution in [0.2, 0.25) is 0 Å². The SMILES string of the molecule is COCCN1C[C@H](C(=O)Nc2cc(F)cc(F)c2)CC1=O. The smallest absolute Gasteiger partial charge is 0.229 e. The number of anilines is 1. The van der Waals surface area contributed by atoms with Crippen molar-refractivity contribution in [2.45, 2.75) is 6.42 Å². The molecule has 5 nitrogen and oxygen atoms in total. The zero-order valence-electron chi connectivity index (χ0n) is 11.6. The predicted molar refractivity (Wildman–Crippen MR) is 71.6 cm³/mol. The van der Waals surface area contributed by atoms with E-state index in [-0.39, 0.29) is 24.6 Å². The lowest BCUT2D eigenvalue weighted by Crippen LogP contribution is -2.30. The number of ether oxygens (including phenoxy) is 1. The van der Waals surface area contributed by atoms with Crippen LogP contribution in [0.5, 0.6) is 0 Å². The number of likely N-dealkylation sites (tertiary alicyclic amines) is 1. The fourth-order valence-corrected chi connectivity index (χ4v) is 2.24. The molecule has 0 saturated carbocycles. The molecule has 1 N–H and O–H groups in total. The van der Waals surface area contributed by atoms with Crippen LogP contribution in [0.4, 0.5) is 14.5 Å². The summed E-state index contributed by atoms with van der Waals surface area (Å²) in [6.45, 7) is 1.11. The monoisotopic (exact) mass is 298 g/mol. The maximum atomic E-state index is 13.1. The third kappa shape index (κ3) is 3.98. The highest BCUT2D eigenvalue weighted by Gasteiger charge is 2.34. The molecule has 0 aliphatic carbocycles. The first-order chi connectivity index (χ1) is 9.99. The Balaban J connectivity index is 1.96. The minimum Gasteiger partial charge on any atom is -0.383 e. The number of halogens is 2. The highest BCUT2D eigenvalue weighted by Crippen LogP contribution is 2.20. The van der Waals surface area contributed by atoms with E-state index in [1.54, 1.807) is 4.90 Å². The summed E-state index contributed by atoms with van der Waals surface area (Å²) in [4.78, 5) is 25.3. The second-order valence-electron chi connectivity index (χ2n) is 4.88. The summed E-state index contributed by atoms with van der Waals surface area (Å²) in [5.74, 6) is -2.62. The van der Waals surface area contributed by atoms with Crippen molar-refractivity contribution in [3.8, 4) is 0 Å². The number of carbonyl (C=O) groups excluding carboxylic acids is 2. The van der Waals surface area contributed by atoms with Gasteiger partial charge in [0.15, 0.2) is 0 Å². The standard InChI is InChI=1S/C14H16F2N2O3/c1-21-3-2-18-8-9(4-13(18)19)14(20)17-12-6-10(15)5-11(16)7-12/h5-7,9H,2-4,8H2,1H3,(H,17,20)/t9-/m1/s1. The summed E-state index contributed by atoms with van der Waals surface area (Å²) in [5, 5.41) is 2.43. The summed E-state index contributed by atoms with van der Waals surface area (Å²) in [7, 11) is 1.53. The maximum Gasteiger partial charge on any atom is 0.229 e. The van der Waals surface area contributed by atoms with Crippen LogP contribution in [-0.2, 0) is 14.3 Å². The minimum absolute atomic E-state index is 0.0419. The molecule has 2 rings (SSSR count). The molecule has 114 valence electrons.